The Kier molecular flexibility index (Phi) is 4.10. The lowest BCUT2D eigenvalue weighted by atomic mass is 10.1. The monoisotopic (exact) mass is 315 g/mol. The van der Waals surface area contributed by atoms with Crippen LogP contribution >= 0.6 is 0 Å². The Hall–Kier alpha value is -2.70. The number of rotatable bonds is 4. The smallest absolute Gasteiger partial charge is 0.261 e. The van der Waals surface area contributed by atoms with Crippen molar-refractivity contribution in [3.05, 3.63) is 35.4 Å². The van der Waals surface area contributed by atoms with E-state index in [-0.39, 0.29) is 36.6 Å². The molecule has 23 heavy (non-hydrogen) atoms. The van der Waals surface area contributed by atoms with Gasteiger partial charge in [0.25, 0.3) is 11.8 Å². The summed E-state index contributed by atoms with van der Waals surface area (Å²) in [4.78, 5) is 49.0. The fourth-order valence-electron chi connectivity index (χ4n) is 2.83. The highest BCUT2D eigenvalue weighted by Crippen LogP contribution is 2.22. The summed E-state index contributed by atoms with van der Waals surface area (Å²) in [6, 6.07) is 6.06. The molecule has 1 atom stereocenters. The Balaban J connectivity index is 1.57. The number of imide groups is 1. The van der Waals surface area contributed by atoms with Crippen LogP contribution in [0.15, 0.2) is 24.3 Å². The number of hydrogen-bond donors (Lipinski definition) is 2. The Labute approximate surface area is 133 Å². The van der Waals surface area contributed by atoms with Crippen LogP contribution in [0.25, 0.3) is 0 Å². The second-order valence-corrected chi connectivity index (χ2v) is 5.61. The standard InChI is InChI=1S/C16H17N3O4/c20-13(18-12-6-3-8-17-14(12)21)7-9-19-15(22)10-4-1-2-5-11(10)16(19)23/h1-2,4-5,12H,3,6-9H2,(H,17,21)(H,18,20)/t12-/m0/s1. The van der Waals surface area contributed by atoms with Crippen molar-refractivity contribution in [1.29, 1.82) is 0 Å². The van der Waals surface area contributed by atoms with Crippen LogP contribution in [0.4, 0.5) is 0 Å². The maximum Gasteiger partial charge on any atom is 0.261 e. The molecule has 4 amide bonds. The lowest BCUT2D eigenvalue weighted by Crippen LogP contribution is -2.50. The molecular formula is C16H17N3O4. The van der Waals surface area contributed by atoms with Crippen LogP contribution < -0.4 is 10.6 Å². The molecule has 0 saturated carbocycles. The van der Waals surface area contributed by atoms with Crippen molar-refractivity contribution < 1.29 is 19.2 Å². The number of carbonyl (C=O) groups excluding carboxylic acids is 4. The van der Waals surface area contributed by atoms with E-state index >= 15 is 0 Å². The van der Waals surface area contributed by atoms with Gasteiger partial charge in [-0.3, -0.25) is 24.1 Å². The minimum absolute atomic E-state index is 0.00647. The lowest BCUT2D eigenvalue weighted by molar-refractivity contribution is -0.130. The molecule has 7 nitrogen and oxygen atoms in total. The zero-order chi connectivity index (χ0) is 16.4. The van der Waals surface area contributed by atoms with E-state index in [4.69, 9.17) is 0 Å². The summed E-state index contributed by atoms with van der Waals surface area (Å²) < 4.78 is 0. The second-order valence-electron chi connectivity index (χ2n) is 5.61. The first-order chi connectivity index (χ1) is 11.1. The zero-order valence-electron chi connectivity index (χ0n) is 12.5. The number of piperidine rings is 1. The summed E-state index contributed by atoms with van der Waals surface area (Å²) in [5.41, 5.74) is 0.731. The molecule has 1 aromatic carbocycles. The van der Waals surface area contributed by atoms with Gasteiger partial charge in [-0.15, -0.1) is 0 Å². The third-order valence-corrected chi connectivity index (χ3v) is 4.06. The molecule has 0 bridgehead atoms. The summed E-state index contributed by atoms with van der Waals surface area (Å²) in [7, 11) is 0. The van der Waals surface area contributed by atoms with Gasteiger partial charge < -0.3 is 10.6 Å². The van der Waals surface area contributed by atoms with Crippen LogP contribution in [-0.2, 0) is 9.59 Å². The van der Waals surface area contributed by atoms with Crippen LogP contribution in [0.5, 0.6) is 0 Å². The van der Waals surface area contributed by atoms with Crippen LogP contribution in [-0.4, -0.2) is 47.7 Å². The Morgan fingerprint density at radius 2 is 1.83 bits per heavy atom. The molecule has 0 aromatic heterocycles. The van der Waals surface area contributed by atoms with Crippen molar-refractivity contribution in [2.45, 2.75) is 25.3 Å². The molecule has 1 aromatic rings. The number of fused-ring (bicyclic) bond motifs is 1. The minimum Gasteiger partial charge on any atom is -0.354 e. The minimum atomic E-state index is -0.529. The quantitative estimate of drug-likeness (QED) is 0.769. The maximum atomic E-state index is 12.2. The van der Waals surface area contributed by atoms with Crippen molar-refractivity contribution in [3.8, 4) is 0 Å². The summed E-state index contributed by atoms with van der Waals surface area (Å²) >= 11 is 0. The van der Waals surface area contributed by atoms with Crippen LogP contribution in [0, 0.1) is 0 Å². The molecule has 2 heterocycles. The third kappa shape index (κ3) is 2.94. The number of amides is 4. The van der Waals surface area contributed by atoms with Crippen molar-refractivity contribution >= 4 is 23.6 Å². The van der Waals surface area contributed by atoms with Gasteiger partial charge in [-0.1, -0.05) is 12.1 Å². The van der Waals surface area contributed by atoms with Gasteiger partial charge in [0, 0.05) is 19.5 Å². The Bertz CT molecular complexity index is 651. The molecule has 2 N–H and O–H groups in total. The molecule has 1 fully saturated rings. The van der Waals surface area contributed by atoms with Gasteiger partial charge in [-0.05, 0) is 25.0 Å². The average molecular weight is 315 g/mol. The van der Waals surface area contributed by atoms with Gasteiger partial charge in [0.05, 0.1) is 11.1 Å². The van der Waals surface area contributed by atoms with E-state index < -0.39 is 6.04 Å². The number of benzene rings is 1. The molecule has 2 aliphatic rings. The maximum absolute atomic E-state index is 12.2. The van der Waals surface area contributed by atoms with Crippen LogP contribution in [0.2, 0.25) is 0 Å². The molecule has 0 unspecified atom stereocenters. The molecule has 2 aliphatic heterocycles. The Morgan fingerprint density at radius 3 is 2.43 bits per heavy atom. The van der Waals surface area contributed by atoms with Crippen LogP contribution in [0.1, 0.15) is 40.0 Å². The van der Waals surface area contributed by atoms with Crippen LogP contribution in [0.3, 0.4) is 0 Å². The van der Waals surface area contributed by atoms with E-state index in [0.717, 1.165) is 11.3 Å². The molecule has 0 aliphatic carbocycles. The number of hydrogen-bond acceptors (Lipinski definition) is 4. The second kappa shape index (κ2) is 6.20. The number of nitrogens with zero attached hydrogens (tertiary/aromatic N) is 1. The normalized spacial score (nSPS) is 20.3. The highest BCUT2D eigenvalue weighted by atomic mass is 16.2. The predicted octanol–water partition coefficient (Wildman–Crippen LogP) is 0.0675. The summed E-state index contributed by atoms with van der Waals surface area (Å²) in [6.45, 7) is 0.632. The van der Waals surface area contributed by atoms with Gasteiger partial charge in [0.2, 0.25) is 11.8 Å². The summed E-state index contributed by atoms with van der Waals surface area (Å²) in [5.74, 6) is -1.29. The fourth-order valence-corrected chi connectivity index (χ4v) is 2.83. The molecule has 1 saturated heterocycles. The molecule has 7 heteroatoms. The molecule has 0 spiro atoms. The van der Waals surface area contributed by atoms with E-state index in [1.807, 2.05) is 0 Å². The first kappa shape index (κ1) is 15.2. The summed E-state index contributed by atoms with van der Waals surface area (Å²) in [6.07, 6.45) is 1.40. The van der Waals surface area contributed by atoms with E-state index in [2.05, 4.69) is 10.6 Å². The topological polar surface area (TPSA) is 95.6 Å². The zero-order valence-corrected chi connectivity index (χ0v) is 12.5. The third-order valence-electron chi connectivity index (χ3n) is 4.06. The summed E-state index contributed by atoms with van der Waals surface area (Å²) in [5, 5.41) is 5.33. The molecule has 3 rings (SSSR count). The number of carbonyl (C=O) groups is 4. The average Bonchev–Trinajstić information content (AvgIpc) is 2.80. The van der Waals surface area contributed by atoms with Crippen molar-refractivity contribution in [2.75, 3.05) is 13.1 Å². The fraction of sp³-hybridized carbons (Fsp3) is 0.375. The largest absolute Gasteiger partial charge is 0.354 e. The molecule has 120 valence electrons. The van der Waals surface area contributed by atoms with Crippen molar-refractivity contribution in [2.24, 2.45) is 0 Å². The Morgan fingerprint density at radius 1 is 1.17 bits per heavy atom. The first-order valence-electron chi connectivity index (χ1n) is 7.60. The van der Waals surface area contributed by atoms with Crippen molar-refractivity contribution in [1.82, 2.24) is 15.5 Å². The van der Waals surface area contributed by atoms with Gasteiger partial charge in [-0.2, -0.15) is 0 Å². The van der Waals surface area contributed by atoms with Gasteiger partial charge >= 0.3 is 0 Å². The molecule has 0 radical (unpaired) electrons. The van der Waals surface area contributed by atoms with Gasteiger partial charge in [0.15, 0.2) is 0 Å². The van der Waals surface area contributed by atoms with Gasteiger partial charge in [0.1, 0.15) is 6.04 Å². The van der Waals surface area contributed by atoms with Crippen molar-refractivity contribution in [3.63, 3.8) is 0 Å². The highest BCUT2D eigenvalue weighted by Gasteiger charge is 2.35. The van der Waals surface area contributed by atoms with Gasteiger partial charge in [-0.25, -0.2) is 0 Å². The number of nitrogens with one attached hydrogen (secondary N) is 2. The van der Waals surface area contributed by atoms with E-state index in [1.165, 1.54) is 0 Å². The highest BCUT2D eigenvalue weighted by molar-refractivity contribution is 6.21. The predicted molar refractivity (Wildman–Crippen MR) is 80.6 cm³/mol. The van der Waals surface area contributed by atoms with E-state index in [0.29, 0.717) is 24.1 Å². The van der Waals surface area contributed by atoms with E-state index in [1.54, 1.807) is 24.3 Å². The SMILES string of the molecule is O=C(CCN1C(=O)c2ccccc2C1=O)N[C@H]1CCCNC1=O. The first-order valence-corrected chi connectivity index (χ1v) is 7.60. The lowest BCUT2D eigenvalue weighted by Gasteiger charge is -2.23. The van der Waals surface area contributed by atoms with E-state index in [9.17, 15) is 19.2 Å². The molecular weight excluding hydrogens is 298 g/mol.